The Morgan fingerprint density at radius 1 is 0.328 bits per heavy atom. The van der Waals surface area contributed by atoms with E-state index in [0.717, 1.165) is 44.5 Å². The minimum atomic E-state index is 0. The zero-order valence-electron chi connectivity index (χ0n) is 36.2. The van der Waals surface area contributed by atoms with Gasteiger partial charge in [0.15, 0.2) is 0 Å². The molecule has 0 bridgehead atoms. The molecular weight excluding hydrogens is 903 g/mol. The van der Waals surface area contributed by atoms with Crippen LogP contribution in [0.4, 0.5) is 0 Å². The van der Waals surface area contributed by atoms with Gasteiger partial charge in [-0.3, -0.25) is 0 Å². The van der Waals surface area contributed by atoms with Crippen LogP contribution in [0.5, 0.6) is 23.0 Å². The van der Waals surface area contributed by atoms with Crippen molar-refractivity contribution in [2.45, 2.75) is 67.2 Å². The first kappa shape index (κ1) is 60.3. The first-order chi connectivity index (χ1) is 27.8. The Hall–Kier alpha value is -4.96. The third-order valence-electron chi connectivity index (χ3n) is 8.51. The van der Waals surface area contributed by atoms with E-state index in [-0.39, 0.29) is 74.2 Å². The van der Waals surface area contributed by atoms with Crippen molar-refractivity contribution in [2.75, 3.05) is 0 Å². The molecule has 1 radical (unpaired) electrons. The minimum absolute atomic E-state index is 0. The molecule has 0 unspecified atom stereocenters. The van der Waals surface area contributed by atoms with Gasteiger partial charge in [0.1, 0.15) is 0 Å². The average Bonchev–Trinajstić information content (AvgIpc) is 3.21. The molecule has 0 aliphatic heterocycles. The molecule has 61 heavy (non-hydrogen) atoms. The van der Waals surface area contributed by atoms with Crippen LogP contribution in [0.3, 0.4) is 0 Å². The molecule has 0 amide bonds. The summed E-state index contributed by atoms with van der Waals surface area (Å²) < 4.78 is 0. The molecule has 6 rings (SSSR count). The molecule has 0 fully saturated rings. The van der Waals surface area contributed by atoms with Crippen LogP contribution in [0.25, 0.3) is 0 Å². The molecule has 7 heteroatoms. The molecule has 6 aromatic rings. The van der Waals surface area contributed by atoms with Gasteiger partial charge in [-0.15, -0.1) is 49.3 Å². The van der Waals surface area contributed by atoms with Gasteiger partial charge < -0.3 is 20.4 Å². The van der Waals surface area contributed by atoms with Crippen molar-refractivity contribution in [1.29, 1.82) is 0 Å². The molecule has 0 saturated carbocycles. The van der Waals surface area contributed by atoms with Crippen LogP contribution in [0.2, 0.25) is 0 Å². The maximum absolute atomic E-state index is 11.3. The summed E-state index contributed by atoms with van der Waals surface area (Å²) in [7, 11) is 0. The van der Waals surface area contributed by atoms with Crippen molar-refractivity contribution in [3.05, 3.63) is 240 Å². The van der Waals surface area contributed by atoms with Gasteiger partial charge in [-0.2, -0.15) is 0 Å². The van der Waals surface area contributed by atoms with E-state index in [1.165, 1.54) is 11.1 Å². The predicted molar refractivity (Wildman–Crippen MR) is 240 cm³/mol. The zero-order valence-corrected chi connectivity index (χ0v) is 39.0. The maximum Gasteiger partial charge on any atom is 2.00 e. The van der Waals surface area contributed by atoms with Crippen LogP contribution < -0.4 is 20.4 Å². The van der Waals surface area contributed by atoms with Crippen LogP contribution in [0.1, 0.15) is 55.6 Å². The molecule has 333 valence electrons. The largest absolute Gasteiger partial charge is 2.00 e. The first-order valence-electron chi connectivity index (χ1n) is 19.3. The summed E-state index contributed by atoms with van der Waals surface area (Å²) in [5.41, 5.74) is 9.22. The molecule has 0 saturated heterocycles. The molecule has 0 N–H and O–H groups in total. The SMILES string of the molecule is C=CCc1cccc(C)c1[O-].C=CCc1cccc(C)c1[O-].C=CCc1cccc(C)c1[O-].C=CCc1cccc(C)c1[O-].Cc1ccccc1.Cc1ccccc1.[Cu+2].[Cu+].[Cu+]. The van der Waals surface area contributed by atoms with Gasteiger partial charge in [-0.1, -0.05) is 213 Å². The van der Waals surface area contributed by atoms with Crippen molar-refractivity contribution >= 4 is 0 Å². The number of rotatable bonds is 8. The summed E-state index contributed by atoms with van der Waals surface area (Å²) in [5, 5.41) is 45.2. The van der Waals surface area contributed by atoms with Crippen molar-refractivity contribution in [3.8, 4) is 23.0 Å². The van der Waals surface area contributed by atoms with E-state index < -0.39 is 0 Å². The quantitative estimate of drug-likeness (QED) is 0.112. The molecular formula is C54H60Cu3O4. The summed E-state index contributed by atoms with van der Waals surface area (Å²) in [6, 6.07) is 42.8. The number of aryl methyl sites for hydroxylation is 6. The second kappa shape index (κ2) is 35.8. The third kappa shape index (κ3) is 24.8. The van der Waals surface area contributed by atoms with E-state index in [1.54, 1.807) is 24.3 Å². The fourth-order valence-corrected chi connectivity index (χ4v) is 5.19. The molecule has 0 aromatic heterocycles. The Morgan fingerprint density at radius 2 is 0.525 bits per heavy atom. The van der Waals surface area contributed by atoms with Crippen molar-refractivity contribution in [3.63, 3.8) is 0 Å². The first-order valence-corrected chi connectivity index (χ1v) is 19.3. The van der Waals surface area contributed by atoms with E-state index in [1.807, 2.05) is 137 Å². The van der Waals surface area contributed by atoms with Crippen LogP contribution in [0, 0.1) is 41.5 Å². The molecule has 0 atom stereocenters. The second-order valence-corrected chi connectivity index (χ2v) is 13.5. The summed E-state index contributed by atoms with van der Waals surface area (Å²) in [4.78, 5) is 0. The Morgan fingerprint density at radius 3 is 0.672 bits per heavy atom. The van der Waals surface area contributed by atoms with Gasteiger partial charge in [-0.25, -0.2) is 0 Å². The van der Waals surface area contributed by atoms with E-state index in [2.05, 4.69) is 64.4 Å². The molecule has 6 aromatic carbocycles. The number of benzene rings is 6. The molecule has 0 spiro atoms. The van der Waals surface area contributed by atoms with Gasteiger partial charge in [0.2, 0.25) is 0 Å². The van der Waals surface area contributed by atoms with E-state index in [4.69, 9.17) is 0 Å². The Balaban J connectivity index is -0.000000661. The van der Waals surface area contributed by atoms with Crippen LogP contribution >= 0.6 is 0 Å². The van der Waals surface area contributed by atoms with Crippen LogP contribution in [-0.2, 0) is 76.9 Å². The number of hydrogen-bond donors (Lipinski definition) is 0. The van der Waals surface area contributed by atoms with Crippen molar-refractivity contribution in [2.24, 2.45) is 0 Å². The third-order valence-corrected chi connectivity index (χ3v) is 8.51. The van der Waals surface area contributed by atoms with Crippen molar-refractivity contribution < 1.29 is 71.6 Å². The van der Waals surface area contributed by atoms with E-state index in [0.29, 0.717) is 25.7 Å². The fraction of sp³-hybridized carbons (Fsp3) is 0.185. The maximum atomic E-state index is 11.3. The van der Waals surface area contributed by atoms with Gasteiger partial charge in [0, 0.05) is 0 Å². The summed E-state index contributed by atoms with van der Waals surface area (Å²) in [5.74, 6) is 0.583. The molecule has 0 heterocycles. The van der Waals surface area contributed by atoms with E-state index >= 15 is 0 Å². The van der Waals surface area contributed by atoms with Gasteiger partial charge in [0.25, 0.3) is 0 Å². The predicted octanol–water partition coefficient (Wildman–Crippen LogP) is 11.2. The van der Waals surface area contributed by atoms with Gasteiger partial charge in [0.05, 0.1) is 0 Å². The number of hydrogen-bond acceptors (Lipinski definition) is 4. The van der Waals surface area contributed by atoms with Gasteiger partial charge >= 0.3 is 51.2 Å². The Kier molecular flexibility index (Phi) is 35.4. The van der Waals surface area contributed by atoms with Crippen molar-refractivity contribution in [1.82, 2.24) is 0 Å². The topological polar surface area (TPSA) is 92.2 Å². The number of allylic oxidation sites excluding steroid dienone is 4. The monoisotopic (exact) mass is 961 g/mol. The normalized spacial score (nSPS) is 8.89. The molecule has 4 nitrogen and oxygen atoms in total. The Bertz CT molecular complexity index is 1850. The summed E-state index contributed by atoms with van der Waals surface area (Å²) in [6.07, 6.45) is 9.65. The Labute approximate surface area is 399 Å². The number of para-hydroxylation sites is 4. The zero-order chi connectivity index (χ0) is 43.3. The van der Waals surface area contributed by atoms with E-state index in [9.17, 15) is 20.4 Å². The van der Waals surface area contributed by atoms with Crippen LogP contribution in [0.15, 0.2) is 184 Å². The fourth-order valence-electron chi connectivity index (χ4n) is 5.19. The van der Waals surface area contributed by atoms with Gasteiger partial charge in [-0.05, 0) is 67.2 Å². The van der Waals surface area contributed by atoms with Crippen LogP contribution in [-0.4, -0.2) is 0 Å². The second-order valence-electron chi connectivity index (χ2n) is 13.5. The molecule has 0 aliphatic rings. The standard InChI is InChI=1S/4C10H12O.2C7H8.3Cu/c4*1-3-5-9-7-4-6-8(2)10(9)11;2*1-7-5-3-2-4-6-7;;;/h4*3-4,6-7,11H,1,5H2,2H3;2*2-6H,1H3;;;/q;;;;;;2*+1;+2/p-4. The molecule has 0 aliphatic carbocycles. The summed E-state index contributed by atoms with van der Waals surface area (Å²) in [6.45, 7) is 25.8. The smallest absolute Gasteiger partial charge is 0.872 e. The average molecular weight is 964 g/mol. The minimum Gasteiger partial charge on any atom is -0.872 e. The summed E-state index contributed by atoms with van der Waals surface area (Å²) >= 11 is 0.